The average Bonchev–Trinajstić information content (AvgIpc) is 3.00. The van der Waals surface area contributed by atoms with Crippen molar-refractivity contribution in [1.82, 2.24) is 5.32 Å². The zero-order valence-corrected chi connectivity index (χ0v) is 13.1. The maximum Gasteiger partial charge on any atom is 0.246 e. The van der Waals surface area contributed by atoms with E-state index in [1.807, 2.05) is 12.1 Å². The van der Waals surface area contributed by atoms with Crippen molar-refractivity contribution in [2.75, 3.05) is 33.5 Å². The summed E-state index contributed by atoms with van der Waals surface area (Å²) in [6.45, 7) is 1.51. The number of halogens is 1. The zero-order chi connectivity index (χ0) is 15.8. The van der Waals surface area contributed by atoms with E-state index in [0.29, 0.717) is 19.8 Å². The fraction of sp³-hybridized carbons (Fsp3) is 0.588. The molecule has 0 aliphatic heterocycles. The molecule has 122 valence electrons. The number of hydrogen-bond donors (Lipinski definition) is 1. The summed E-state index contributed by atoms with van der Waals surface area (Å²) < 4.78 is 23.2. The Morgan fingerprint density at radius 1 is 1.23 bits per heavy atom. The van der Waals surface area contributed by atoms with Gasteiger partial charge >= 0.3 is 0 Å². The maximum atomic E-state index is 13.1. The second-order valence-corrected chi connectivity index (χ2v) is 5.82. The van der Waals surface area contributed by atoms with Gasteiger partial charge in [0.1, 0.15) is 12.4 Å². The van der Waals surface area contributed by atoms with Gasteiger partial charge in [-0.25, -0.2) is 4.39 Å². The lowest BCUT2D eigenvalue weighted by atomic mass is 9.79. The van der Waals surface area contributed by atoms with Crippen LogP contribution in [0.5, 0.6) is 0 Å². The van der Waals surface area contributed by atoms with Crippen molar-refractivity contribution in [2.24, 2.45) is 0 Å². The molecule has 0 bridgehead atoms. The van der Waals surface area contributed by atoms with E-state index in [1.54, 1.807) is 7.11 Å². The van der Waals surface area contributed by atoms with Crippen molar-refractivity contribution in [3.05, 3.63) is 35.6 Å². The number of hydrogen-bond acceptors (Lipinski definition) is 3. The molecule has 1 aromatic carbocycles. The summed E-state index contributed by atoms with van der Waals surface area (Å²) in [7, 11) is 1.59. The van der Waals surface area contributed by atoms with Crippen LogP contribution < -0.4 is 5.32 Å². The number of amides is 1. The highest BCUT2D eigenvalue weighted by atomic mass is 19.1. The van der Waals surface area contributed by atoms with Crippen molar-refractivity contribution in [2.45, 2.75) is 31.1 Å². The molecule has 0 aromatic heterocycles. The Morgan fingerprint density at radius 2 is 1.91 bits per heavy atom. The van der Waals surface area contributed by atoms with Crippen molar-refractivity contribution in [1.29, 1.82) is 0 Å². The number of ether oxygens (including phenoxy) is 2. The van der Waals surface area contributed by atoms with Crippen LogP contribution in [-0.4, -0.2) is 39.4 Å². The van der Waals surface area contributed by atoms with E-state index in [4.69, 9.17) is 9.47 Å². The molecule has 1 fully saturated rings. The van der Waals surface area contributed by atoms with E-state index in [-0.39, 0.29) is 23.7 Å². The minimum atomic E-state index is -0.229. The standard InChI is InChI=1S/C17H24FNO3/c1-21-10-11-22-12-16(20)19-13-17(8-2-3-9-17)14-4-6-15(18)7-5-14/h4-7H,2-3,8-13H2,1H3,(H,19,20). The van der Waals surface area contributed by atoms with Crippen molar-refractivity contribution >= 4 is 5.91 Å². The first kappa shape index (κ1) is 16.9. The average molecular weight is 309 g/mol. The van der Waals surface area contributed by atoms with Gasteiger partial charge in [0.15, 0.2) is 0 Å². The Kier molecular flexibility index (Phi) is 6.34. The fourth-order valence-corrected chi connectivity index (χ4v) is 3.05. The second kappa shape index (κ2) is 8.25. The summed E-state index contributed by atoms with van der Waals surface area (Å²) in [6.07, 6.45) is 4.31. The molecule has 22 heavy (non-hydrogen) atoms. The molecule has 0 atom stereocenters. The van der Waals surface area contributed by atoms with Crippen LogP contribution in [0, 0.1) is 5.82 Å². The summed E-state index contributed by atoms with van der Waals surface area (Å²) >= 11 is 0. The Labute approximate surface area is 131 Å². The lowest BCUT2D eigenvalue weighted by molar-refractivity contribution is -0.126. The first-order chi connectivity index (χ1) is 10.7. The molecule has 1 aromatic rings. The molecule has 1 aliphatic rings. The second-order valence-electron chi connectivity index (χ2n) is 5.82. The van der Waals surface area contributed by atoms with E-state index >= 15 is 0 Å². The highest BCUT2D eigenvalue weighted by molar-refractivity contribution is 5.77. The normalized spacial score (nSPS) is 16.6. The molecule has 0 saturated heterocycles. The molecule has 4 nitrogen and oxygen atoms in total. The van der Waals surface area contributed by atoms with Gasteiger partial charge in [-0.1, -0.05) is 25.0 Å². The van der Waals surface area contributed by atoms with Crippen LogP contribution in [0.25, 0.3) is 0 Å². The van der Waals surface area contributed by atoms with Crippen LogP contribution in [0.3, 0.4) is 0 Å². The minimum absolute atomic E-state index is 0.0445. The van der Waals surface area contributed by atoms with Crippen molar-refractivity contribution in [3.8, 4) is 0 Å². The molecular weight excluding hydrogens is 285 g/mol. The molecule has 2 rings (SSSR count). The monoisotopic (exact) mass is 309 g/mol. The molecular formula is C17H24FNO3. The summed E-state index contributed by atoms with van der Waals surface area (Å²) in [4.78, 5) is 11.9. The summed E-state index contributed by atoms with van der Waals surface area (Å²) in [6, 6.07) is 6.65. The third-order valence-electron chi connectivity index (χ3n) is 4.31. The fourth-order valence-electron chi connectivity index (χ4n) is 3.05. The Morgan fingerprint density at radius 3 is 2.55 bits per heavy atom. The van der Waals surface area contributed by atoms with Gasteiger partial charge in [-0.05, 0) is 30.5 Å². The van der Waals surface area contributed by atoms with Crippen LogP contribution in [0.2, 0.25) is 0 Å². The highest BCUT2D eigenvalue weighted by Gasteiger charge is 2.35. The van der Waals surface area contributed by atoms with Crippen LogP contribution in [0.15, 0.2) is 24.3 Å². The smallest absolute Gasteiger partial charge is 0.246 e. The largest absolute Gasteiger partial charge is 0.382 e. The molecule has 1 saturated carbocycles. The Bertz CT molecular complexity index is 469. The summed E-state index contributed by atoms with van der Waals surface area (Å²) in [5, 5.41) is 2.96. The van der Waals surface area contributed by atoms with Crippen molar-refractivity contribution in [3.63, 3.8) is 0 Å². The van der Waals surface area contributed by atoms with E-state index in [9.17, 15) is 9.18 Å². The molecule has 0 heterocycles. The molecule has 5 heteroatoms. The number of methoxy groups -OCH3 is 1. The van der Waals surface area contributed by atoms with Gasteiger partial charge < -0.3 is 14.8 Å². The number of nitrogens with one attached hydrogen (secondary N) is 1. The van der Waals surface area contributed by atoms with E-state index in [2.05, 4.69) is 5.32 Å². The third kappa shape index (κ3) is 4.52. The van der Waals surface area contributed by atoms with Gasteiger partial charge in [-0.15, -0.1) is 0 Å². The lowest BCUT2D eigenvalue weighted by Gasteiger charge is -2.30. The molecule has 1 N–H and O–H groups in total. The number of carbonyl (C=O) groups excluding carboxylic acids is 1. The maximum absolute atomic E-state index is 13.1. The number of rotatable bonds is 8. The first-order valence-corrected chi connectivity index (χ1v) is 7.76. The van der Waals surface area contributed by atoms with Gasteiger partial charge in [0.05, 0.1) is 13.2 Å². The molecule has 0 spiro atoms. The van der Waals surface area contributed by atoms with Gasteiger partial charge in [0, 0.05) is 19.1 Å². The van der Waals surface area contributed by atoms with Crippen molar-refractivity contribution < 1.29 is 18.7 Å². The first-order valence-electron chi connectivity index (χ1n) is 7.76. The molecule has 0 unspecified atom stereocenters. The van der Waals surface area contributed by atoms with Gasteiger partial charge in [0.25, 0.3) is 0 Å². The van der Waals surface area contributed by atoms with Crippen LogP contribution in [0.4, 0.5) is 4.39 Å². The van der Waals surface area contributed by atoms with E-state index in [1.165, 1.54) is 12.1 Å². The van der Waals surface area contributed by atoms with Crippen LogP contribution in [0.1, 0.15) is 31.2 Å². The lowest BCUT2D eigenvalue weighted by Crippen LogP contribution is -2.40. The van der Waals surface area contributed by atoms with Gasteiger partial charge in [-0.2, -0.15) is 0 Å². The van der Waals surface area contributed by atoms with Crippen LogP contribution in [-0.2, 0) is 19.7 Å². The van der Waals surface area contributed by atoms with Gasteiger partial charge in [-0.3, -0.25) is 4.79 Å². The minimum Gasteiger partial charge on any atom is -0.382 e. The third-order valence-corrected chi connectivity index (χ3v) is 4.31. The summed E-state index contributed by atoms with van der Waals surface area (Å²) in [5.74, 6) is -0.350. The number of carbonyl (C=O) groups is 1. The topological polar surface area (TPSA) is 47.6 Å². The Balaban J connectivity index is 1.89. The highest BCUT2D eigenvalue weighted by Crippen LogP contribution is 2.40. The molecule has 0 radical (unpaired) electrons. The quantitative estimate of drug-likeness (QED) is 0.750. The van der Waals surface area contributed by atoms with Crippen LogP contribution >= 0.6 is 0 Å². The van der Waals surface area contributed by atoms with E-state index < -0.39 is 0 Å². The summed E-state index contributed by atoms with van der Waals surface area (Å²) in [5.41, 5.74) is 1.03. The molecule has 1 aliphatic carbocycles. The SMILES string of the molecule is COCCOCC(=O)NCC1(c2ccc(F)cc2)CCCC1. The molecule has 1 amide bonds. The number of benzene rings is 1. The van der Waals surface area contributed by atoms with E-state index in [0.717, 1.165) is 31.2 Å². The predicted octanol–water partition coefficient (Wildman–Crippen LogP) is 2.42. The zero-order valence-electron chi connectivity index (χ0n) is 13.1. The Hall–Kier alpha value is -1.46. The van der Waals surface area contributed by atoms with Gasteiger partial charge in [0.2, 0.25) is 5.91 Å². The predicted molar refractivity (Wildman–Crippen MR) is 82.3 cm³/mol.